The highest BCUT2D eigenvalue weighted by molar-refractivity contribution is 5.69. The molecule has 0 saturated heterocycles. The van der Waals surface area contributed by atoms with E-state index in [1.165, 1.54) is 0 Å². The van der Waals surface area contributed by atoms with E-state index in [2.05, 4.69) is 17.6 Å². The maximum absolute atomic E-state index is 11.0. The van der Waals surface area contributed by atoms with Crippen molar-refractivity contribution in [3.8, 4) is 0 Å². The fourth-order valence-corrected chi connectivity index (χ4v) is 2.10. The first-order valence-corrected chi connectivity index (χ1v) is 6.88. The third-order valence-corrected chi connectivity index (χ3v) is 3.11. The van der Waals surface area contributed by atoms with Crippen LogP contribution >= 0.6 is 0 Å². The summed E-state index contributed by atoms with van der Waals surface area (Å²) in [6, 6.07) is 5.36. The van der Waals surface area contributed by atoms with Crippen LogP contribution in [0.1, 0.15) is 45.7 Å². The molecule has 5 heteroatoms. The molecule has 1 aromatic rings. The molecule has 1 atom stereocenters. The van der Waals surface area contributed by atoms with Crippen LogP contribution in [0.2, 0.25) is 0 Å². The predicted molar refractivity (Wildman–Crippen MR) is 83.0 cm³/mol. The predicted octanol–water partition coefficient (Wildman–Crippen LogP) is 3.45. The van der Waals surface area contributed by atoms with Gasteiger partial charge in [0, 0.05) is 6.54 Å². The first-order chi connectivity index (χ1) is 9.25. The average molecular weight is 279 g/mol. The van der Waals surface area contributed by atoms with Gasteiger partial charge in [-0.05, 0) is 29.5 Å². The number of amides is 1. The molecule has 0 saturated carbocycles. The van der Waals surface area contributed by atoms with Crippen LogP contribution in [0.15, 0.2) is 18.2 Å². The number of hydrogen-bond donors (Lipinski definition) is 4. The van der Waals surface area contributed by atoms with Crippen LogP contribution in [0.25, 0.3) is 0 Å². The van der Waals surface area contributed by atoms with Crippen LogP contribution in [0, 0.1) is 5.41 Å². The Morgan fingerprint density at radius 1 is 1.40 bits per heavy atom. The SMILES string of the molecule is CCCNc1ccc(C(NC(=O)O)C(C)(C)C)cc1N. The maximum Gasteiger partial charge on any atom is 0.405 e. The molecule has 5 nitrogen and oxygen atoms in total. The Kier molecular flexibility index (Phi) is 5.25. The van der Waals surface area contributed by atoms with E-state index < -0.39 is 6.09 Å². The minimum atomic E-state index is -1.03. The van der Waals surface area contributed by atoms with Gasteiger partial charge in [0.15, 0.2) is 0 Å². The normalized spacial score (nSPS) is 12.8. The van der Waals surface area contributed by atoms with E-state index in [0.29, 0.717) is 5.69 Å². The molecule has 1 rings (SSSR count). The number of carbonyl (C=O) groups is 1. The fraction of sp³-hybridized carbons (Fsp3) is 0.533. The number of hydrogen-bond acceptors (Lipinski definition) is 3. The third-order valence-electron chi connectivity index (χ3n) is 3.11. The molecule has 112 valence electrons. The van der Waals surface area contributed by atoms with Gasteiger partial charge in [0.25, 0.3) is 0 Å². The molecule has 0 aliphatic rings. The molecule has 0 fully saturated rings. The first kappa shape index (κ1) is 16.1. The van der Waals surface area contributed by atoms with Gasteiger partial charge >= 0.3 is 6.09 Å². The van der Waals surface area contributed by atoms with Crippen LogP contribution in [0.4, 0.5) is 16.2 Å². The lowest BCUT2D eigenvalue weighted by Crippen LogP contribution is -2.35. The minimum Gasteiger partial charge on any atom is -0.465 e. The van der Waals surface area contributed by atoms with Crippen molar-refractivity contribution in [2.45, 2.75) is 40.2 Å². The van der Waals surface area contributed by atoms with Crippen molar-refractivity contribution in [2.24, 2.45) is 5.41 Å². The van der Waals surface area contributed by atoms with E-state index >= 15 is 0 Å². The van der Waals surface area contributed by atoms with E-state index in [-0.39, 0.29) is 11.5 Å². The van der Waals surface area contributed by atoms with Gasteiger partial charge in [0.2, 0.25) is 0 Å². The number of rotatable bonds is 5. The van der Waals surface area contributed by atoms with Crippen LogP contribution in [-0.4, -0.2) is 17.7 Å². The zero-order valence-electron chi connectivity index (χ0n) is 12.7. The van der Waals surface area contributed by atoms with Crippen LogP contribution in [-0.2, 0) is 0 Å². The van der Waals surface area contributed by atoms with Crippen molar-refractivity contribution < 1.29 is 9.90 Å². The smallest absolute Gasteiger partial charge is 0.405 e. The van der Waals surface area contributed by atoms with Gasteiger partial charge in [-0.25, -0.2) is 4.79 Å². The Morgan fingerprint density at radius 2 is 2.05 bits per heavy atom. The molecular formula is C15H25N3O2. The zero-order valence-corrected chi connectivity index (χ0v) is 12.7. The Labute approximate surface area is 120 Å². The molecule has 20 heavy (non-hydrogen) atoms. The van der Waals surface area contributed by atoms with Gasteiger partial charge in [0.05, 0.1) is 17.4 Å². The Bertz CT molecular complexity index is 467. The number of anilines is 2. The number of nitrogen functional groups attached to an aromatic ring is 1. The minimum absolute atomic E-state index is 0.233. The highest BCUT2D eigenvalue weighted by Crippen LogP contribution is 2.35. The molecule has 0 heterocycles. The van der Waals surface area contributed by atoms with Gasteiger partial charge < -0.3 is 21.5 Å². The molecule has 1 amide bonds. The standard InChI is InChI=1S/C15H25N3O2/c1-5-8-17-12-7-6-10(9-11(12)16)13(15(2,3)4)18-14(19)20/h6-7,9,13,17-18H,5,8,16H2,1-4H3,(H,19,20). The molecule has 5 N–H and O–H groups in total. The second kappa shape index (κ2) is 6.50. The molecule has 0 aliphatic heterocycles. The molecule has 0 aromatic heterocycles. The van der Waals surface area contributed by atoms with E-state index in [4.69, 9.17) is 10.8 Å². The van der Waals surface area contributed by atoms with Gasteiger partial charge in [-0.2, -0.15) is 0 Å². The number of nitrogens with two attached hydrogens (primary N) is 1. The quantitative estimate of drug-likeness (QED) is 0.622. The summed E-state index contributed by atoms with van der Waals surface area (Å²) in [5, 5.41) is 14.8. The Hall–Kier alpha value is -1.91. The van der Waals surface area contributed by atoms with Crippen molar-refractivity contribution in [1.29, 1.82) is 0 Å². The van der Waals surface area contributed by atoms with Crippen molar-refractivity contribution >= 4 is 17.5 Å². The van der Waals surface area contributed by atoms with Gasteiger partial charge in [0.1, 0.15) is 0 Å². The number of carboxylic acid groups (broad SMARTS) is 1. The molecular weight excluding hydrogens is 254 g/mol. The summed E-state index contributed by atoms with van der Waals surface area (Å²) >= 11 is 0. The van der Waals surface area contributed by atoms with E-state index in [0.717, 1.165) is 24.2 Å². The number of nitrogens with one attached hydrogen (secondary N) is 2. The summed E-state index contributed by atoms with van der Waals surface area (Å²) in [6.07, 6.45) is -0.0106. The molecule has 0 spiro atoms. The van der Waals surface area contributed by atoms with Crippen molar-refractivity contribution in [3.05, 3.63) is 23.8 Å². The maximum atomic E-state index is 11.0. The summed E-state index contributed by atoms with van der Waals surface area (Å²) in [6.45, 7) is 8.93. The zero-order chi connectivity index (χ0) is 15.3. The average Bonchev–Trinajstić information content (AvgIpc) is 2.33. The van der Waals surface area contributed by atoms with Crippen molar-refractivity contribution in [3.63, 3.8) is 0 Å². The largest absolute Gasteiger partial charge is 0.465 e. The summed E-state index contributed by atoms with van der Waals surface area (Å²) < 4.78 is 0. The highest BCUT2D eigenvalue weighted by atomic mass is 16.4. The molecule has 0 aliphatic carbocycles. The topological polar surface area (TPSA) is 87.4 Å². The molecule has 0 radical (unpaired) electrons. The van der Waals surface area contributed by atoms with Crippen LogP contribution < -0.4 is 16.4 Å². The number of benzene rings is 1. The Balaban J connectivity index is 3.03. The monoisotopic (exact) mass is 279 g/mol. The van der Waals surface area contributed by atoms with Crippen molar-refractivity contribution in [2.75, 3.05) is 17.6 Å². The van der Waals surface area contributed by atoms with Crippen LogP contribution in [0.5, 0.6) is 0 Å². The van der Waals surface area contributed by atoms with E-state index in [1.54, 1.807) is 0 Å². The Morgan fingerprint density at radius 3 is 2.50 bits per heavy atom. The van der Waals surface area contributed by atoms with Gasteiger partial charge in [-0.15, -0.1) is 0 Å². The first-order valence-electron chi connectivity index (χ1n) is 6.88. The fourth-order valence-electron chi connectivity index (χ4n) is 2.10. The van der Waals surface area contributed by atoms with Gasteiger partial charge in [-0.3, -0.25) is 0 Å². The van der Waals surface area contributed by atoms with E-state index in [9.17, 15) is 4.79 Å². The summed E-state index contributed by atoms with van der Waals surface area (Å²) in [5.41, 5.74) is 8.20. The lowest BCUT2D eigenvalue weighted by Gasteiger charge is -2.31. The molecule has 1 unspecified atom stereocenters. The highest BCUT2D eigenvalue weighted by Gasteiger charge is 2.28. The summed E-state index contributed by atoms with van der Waals surface area (Å²) in [7, 11) is 0. The lowest BCUT2D eigenvalue weighted by molar-refractivity contribution is 0.175. The van der Waals surface area contributed by atoms with Gasteiger partial charge in [-0.1, -0.05) is 33.8 Å². The molecule has 0 bridgehead atoms. The summed E-state index contributed by atoms with van der Waals surface area (Å²) in [5.74, 6) is 0. The third kappa shape index (κ3) is 4.33. The lowest BCUT2D eigenvalue weighted by atomic mass is 9.82. The second-order valence-electron chi connectivity index (χ2n) is 6.02. The van der Waals surface area contributed by atoms with E-state index in [1.807, 2.05) is 39.0 Å². The molecule has 1 aromatic carbocycles. The van der Waals surface area contributed by atoms with Crippen LogP contribution in [0.3, 0.4) is 0 Å². The van der Waals surface area contributed by atoms with Crippen molar-refractivity contribution in [1.82, 2.24) is 5.32 Å². The summed E-state index contributed by atoms with van der Waals surface area (Å²) in [4.78, 5) is 11.0. The second-order valence-corrected chi connectivity index (χ2v) is 6.02.